The molecule has 0 aromatic rings. The molecule has 0 spiro atoms. The van der Waals surface area contributed by atoms with Crippen LogP contribution in [0.1, 0.15) is 19.8 Å². The maximum Gasteiger partial charge on any atom is 0.219 e. The Labute approximate surface area is 86.2 Å². The number of amides is 1. The lowest BCUT2D eigenvalue weighted by Gasteiger charge is -2.30. The fraction of sp³-hybridized carbons (Fsp3) is 0.700. The second-order valence-corrected chi connectivity index (χ2v) is 3.34. The minimum atomic E-state index is 0.144. The van der Waals surface area contributed by atoms with Gasteiger partial charge >= 0.3 is 0 Å². The van der Waals surface area contributed by atoms with E-state index >= 15 is 0 Å². The topological polar surface area (TPSA) is 29.5 Å². The highest BCUT2D eigenvalue weighted by Crippen LogP contribution is 2.13. The van der Waals surface area contributed by atoms with E-state index in [0.29, 0.717) is 6.61 Å². The molecule has 1 fully saturated rings. The average Bonchev–Trinajstić information content (AvgIpc) is 2.19. The number of hydrogen-bond acceptors (Lipinski definition) is 2. The van der Waals surface area contributed by atoms with Gasteiger partial charge in [0.05, 0.1) is 6.10 Å². The van der Waals surface area contributed by atoms with Crippen LogP contribution in [0.2, 0.25) is 0 Å². The van der Waals surface area contributed by atoms with Crippen LogP contribution in [0.15, 0.2) is 0 Å². The van der Waals surface area contributed by atoms with Gasteiger partial charge in [-0.3, -0.25) is 4.79 Å². The number of carbonyl (C=O) groups excluding carboxylic acids is 1. The van der Waals surface area contributed by atoms with E-state index in [2.05, 4.69) is 11.7 Å². The van der Waals surface area contributed by atoms with Gasteiger partial charge < -0.3 is 9.64 Å². The van der Waals surface area contributed by atoms with Crippen LogP contribution in [-0.4, -0.2) is 44.5 Å². The molecule has 0 unspecified atom stereocenters. The third-order valence-electron chi connectivity index (χ3n) is 2.38. The highest BCUT2D eigenvalue weighted by molar-refractivity contribution is 6.22. The lowest BCUT2D eigenvalue weighted by Crippen LogP contribution is -2.39. The lowest BCUT2D eigenvalue weighted by atomic mass is 10.1. The smallest absolute Gasteiger partial charge is 0.219 e. The Morgan fingerprint density at radius 2 is 2.21 bits per heavy atom. The Morgan fingerprint density at radius 1 is 1.57 bits per heavy atom. The van der Waals surface area contributed by atoms with Crippen molar-refractivity contribution in [2.75, 3.05) is 19.7 Å². The molecule has 14 heavy (non-hydrogen) atoms. The van der Waals surface area contributed by atoms with E-state index in [4.69, 9.17) is 12.6 Å². The molecule has 1 amide bonds. The Kier molecular flexibility index (Phi) is 4.54. The molecule has 0 N–H and O–H groups in total. The van der Waals surface area contributed by atoms with Gasteiger partial charge in [0.25, 0.3) is 0 Å². The Hall–Kier alpha value is -0.945. The molecule has 0 aliphatic carbocycles. The van der Waals surface area contributed by atoms with Gasteiger partial charge in [-0.2, -0.15) is 5.82 Å². The summed E-state index contributed by atoms with van der Waals surface area (Å²) in [6.45, 7) is 3.56. The number of piperidine rings is 1. The summed E-state index contributed by atoms with van der Waals surface area (Å²) in [5.74, 6) is 5.09. The summed E-state index contributed by atoms with van der Waals surface area (Å²) in [6, 6.07) is 0. The summed E-state index contributed by atoms with van der Waals surface area (Å²) in [5.41, 5.74) is 0. The quantitative estimate of drug-likeness (QED) is 0.459. The van der Waals surface area contributed by atoms with Crippen molar-refractivity contribution in [2.24, 2.45) is 0 Å². The Bertz CT molecular complexity index is 249. The van der Waals surface area contributed by atoms with Crippen LogP contribution in [0.3, 0.4) is 0 Å². The van der Waals surface area contributed by atoms with Crippen molar-refractivity contribution in [1.82, 2.24) is 4.90 Å². The van der Waals surface area contributed by atoms with Crippen LogP contribution in [0.4, 0.5) is 0 Å². The first-order valence-corrected chi connectivity index (χ1v) is 4.79. The van der Waals surface area contributed by atoms with Gasteiger partial charge in [0.15, 0.2) is 7.85 Å². The number of likely N-dealkylation sites (tertiary alicyclic amines) is 1. The molecule has 0 aromatic carbocycles. The second-order valence-electron chi connectivity index (χ2n) is 3.34. The molecule has 1 rings (SSSR count). The highest BCUT2D eigenvalue weighted by Gasteiger charge is 2.20. The van der Waals surface area contributed by atoms with E-state index in [1.807, 2.05) is 4.90 Å². The molecule has 74 valence electrons. The first kappa shape index (κ1) is 11.1. The molecule has 1 aliphatic heterocycles. The minimum absolute atomic E-state index is 0.144. The number of carbonyl (C=O) groups is 1. The molecule has 3 nitrogen and oxygen atoms in total. The Balaban J connectivity index is 2.21. The van der Waals surface area contributed by atoms with Gasteiger partial charge in [0.1, 0.15) is 6.61 Å². The zero-order valence-electron chi connectivity index (χ0n) is 8.45. The van der Waals surface area contributed by atoms with Gasteiger partial charge in [-0.15, -0.1) is 0 Å². The minimum Gasteiger partial charge on any atom is -0.365 e. The third-order valence-corrected chi connectivity index (χ3v) is 2.38. The average molecular weight is 191 g/mol. The van der Waals surface area contributed by atoms with Crippen LogP contribution in [0, 0.1) is 11.7 Å². The molecular weight excluding hydrogens is 177 g/mol. The molecule has 0 saturated carbocycles. The van der Waals surface area contributed by atoms with Crippen molar-refractivity contribution in [1.29, 1.82) is 0 Å². The first-order chi connectivity index (χ1) is 6.74. The monoisotopic (exact) mass is 191 g/mol. The normalized spacial score (nSPS) is 17.4. The summed E-state index contributed by atoms with van der Waals surface area (Å²) in [5, 5.41) is 0. The van der Waals surface area contributed by atoms with Crippen molar-refractivity contribution >= 4 is 13.8 Å². The van der Waals surface area contributed by atoms with E-state index in [1.54, 1.807) is 6.92 Å². The first-order valence-electron chi connectivity index (χ1n) is 4.79. The standard InChI is InChI=1S/C10H14BNO2/c1-9(13)12-6-3-10(4-7-12)14-8-2-5-11/h10H,3-4,6-8H2,1H3. The van der Waals surface area contributed by atoms with E-state index in [-0.39, 0.29) is 12.0 Å². The van der Waals surface area contributed by atoms with Crippen LogP contribution in [0.5, 0.6) is 0 Å². The number of nitrogens with zero attached hydrogens (tertiary/aromatic N) is 1. The molecule has 0 atom stereocenters. The zero-order chi connectivity index (χ0) is 10.4. The van der Waals surface area contributed by atoms with Crippen LogP contribution >= 0.6 is 0 Å². The molecular formula is C10H14BNO2. The fourth-order valence-corrected chi connectivity index (χ4v) is 1.54. The lowest BCUT2D eigenvalue weighted by molar-refractivity contribution is -0.131. The van der Waals surface area contributed by atoms with Gasteiger partial charge in [0.2, 0.25) is 5.91 Å². The highest BCUT2D eigenvalue weighted by atomic mass is 16.5. The largest absolute Gasteiger partial charge is 0.365 e. The number of rotatable bonds is 2. The van der Waals surface area contributed by atoms with Gasteiger partial charge in [-0.25, -0.2) is 0 Å². The SMILES string of the molecule is [B]C#CCOC1CCN(C(C)=O)CC1. The number of ether oxygens (including phenoxy) is 1. The van der Waals surface area contributed by atoms with Gasteiger partial charge in [-0.1, -0.05) is 5.92 Å². The van der Waals surface area contributed by atoms with Gasteiger partial charge in [-0.05, 0) is 12.8 Å². The molecule has 1 saturated heterocycles. The van der Waals surface area contributed by atoms with Crippen molar-refractivity contribution in [3.05, 3.63) is 0 Å². The molecule has 0 bridgehead atoms. The molecule has 2 radical (unpaired) electrons. The summed E-state index contributed by atoms with van der Waals surface area (Å²) >= 11 is 0. The second kappa shape index (κ2) is 5.72. The van der Waals surface area contributed by atoms with Crippen molar-refractivity contribution < 1.29 is 9.53 Å². The summed E-state index contributed by atoms with van der Waals surface area (Å²) < 4.78 is 5.46. The molecule has 1 aliphatic rings. The summed E-state index contributed by atoms with van der Waals surface area (Å²) in [7, 11) is 5.01. The third kappa shape index (κ3) is 3.43. The van der Waals surface area contributed by atoms with Crippen LogP contribution in [-0.2, 0) is 9.53 Å². The van der Waals surface area contributed by atoms with Crippen LogP contribution < -0.4 is 0 Å². The maximum atomic E-state index is 11.0. The van der Waals surface area contributed by atoms with Crippen molar-refractivity contribution in [3.63, 3.8) is 0 Å². The van der Waals surface area contributed by atoms with E-state index in [1.165, 1.54) is 0 Å². The molecule has 0 aromatic heterocycles. The van der Waals surface area contributed by atoms with E-state index < -0.39 is 0 Å². The van der Waals surface area contributed by atoms with Crippen LogP contribution in [0.25, 0.3) is 0 Å². The summed E-state index contributed by atoms with van der Waals surface area (Å²) in [4.78, 5) is 12.9. The molecule has 4 heteroatoms. The zero-order valence-corrected chi connectivity index (χ0v) is 8.45. The van der Waals surface area contributed by atoms with Gasteiger partial charge in [0, 0.05) is 20.0 Å². The van der Waals surface area contributed by atoms with E-state index in [9.17, 15) is 4.79 Å². The predicted molar refractivity (Wildman–Crippen MR) is 54.8 cm³/mol. The Morgan fingerprint density at radius 3 is 2.71 bits per heavy atom. The maximum absolute atomic E-state index is 11.0. The predicted octanol–water partition coefficient (Wildman–Crippen LogP) is 0.143. The van der Waals surface area contributed by atoms with Crippen molar-refractivity contribution in [3.8, 4) is 11.7 Å². The number of hydrogen-bond donors (Lipinski definition) is 0. The summed E-state index contributed by atoms with van der Waals surface area (Å²) in [6.07, 6.45) is 2.02. The van der Waals surface area contributed by atoms with E-state index in [0.717, 1.165) is 25.9 Å². The fourth-order valence-electron chi connectivity index (χ4n) is 1.54. The van der Waals surface area contributed by atoms with Crippen molar-refractivity contribution in [2.45, 2.75) is 25.9 Å². The molecule has 1 heterocycles.